The average Bonchev–Trinajstić information content (AvgIpc) is 2.50. The van der Waals surface area contributed by atoms with Gasteiger partial charge in [-0.2, -0.15) is 0 Å². The third kappa shape index (κ3) is 2.67. The molecule has 0 aliphatic carbocycles. The summed E-state index contributed by atoms with van der Waals surface area (Å²) in [6.07, 6.45) is 1.18. The number of hydrogen-bond donors (Lipinski definition) is 2. The van der Waals surface area contributed by atoms with Gasteiger partial charge in [-0.25, -0.2) is 0 Å². The second kappa shape index (κ2) is 4.58. The van der Waals surface area contributed by atoms with Gasteiger partial charge in [-0.3, -0.25) is 9.59 Å². The Bertz CT molecular complexity index is 220. The van der Waals surface area contributed by atoms with Gasteiger partial charge in [-0.05, 0) is 12.8 Å². The fourth-order valence-corrected chi connectivity index (χ4v) is 1.61. The number of alkyl halides is 1. The molecule has 1 heterocycles. The molecule has 0 bridgehead atoms. The van der Waals surface area contributed by atoms with Crippen molar-refractivity contribution in [3.63, 3.8) is 0 Å². The summed E-state index contributed by atoms with van der Waals surface area (Å²) in [7, 11) is 0. The van der Waals surface area contributed by atoms with E-state index in [0.717, 1.165) is 6.42 Å². The Morgan fingerprint density at radius 3 is 2.92 bits per heavy atom. The molecular weight excluding hydrogens is 192 g/mol. The van der Waals surface area contributed by atoms with Gasteiger partial charge in [0, 0.05) is 12.5 Å². The van der Waals surface area contributed by atoms with E-state index >= 15 is 0 Å². The second-order valence-corrected chi connectivity index (χ2v) is 3.49. The van der Waals surface area contributed by atoms with Gasteiger partial charge in [-0.15, -0.1) is 11.6 Å². The first kappa shape index (κ1) is 10.5. The Balaban J connectivity index is 2.39. The Kier molecular flexibility index (Phi) is 3.69. The van der Waals surface area contributed by atoms with Gasteiger partial charge >= 0.3 is 0 Å². The molecule has 0 radical (unpaired) electrons. The van der Waals surface area contributed by atoms with Gasteiger partial charge in [0.25, 0.3) is 0 Å². The summed E-state index contributed by atoms with van der Waals surface area (Å²) in [5, 5.41) is 2.69. The van der Waals surface area contributed by atoms with E-state index in [-0.39, 0.29) is 23.5 Å². The molecule has 0 aromatic carbocycles. The number of carbonyl (C=O) groups excluding carboxylic acids is 2. The van der Waals surface area contributed by atoms with Crippen LogP contribution in [-0.4, -0.2) is 30.2 Å². The zero-order valence-electron chi connectivity index (χ0n) is 7.25. The molecule has 5 heteroatoms. The fourth-order valence-electron chi connectivity index (χ4n) is 1.41. The lowest BCUT2D eigenvalue weighted by atomic mass is 9.97. The van der Waals surface area contributed by atoms with E-state index in [1.54, 1.807) is 0 Å². The number of hydrogen-bond acceptors (Lipinski definition) is 3. The second-order valence-electron chi connectivity index (χ2n) is 3.22. The van der Waals surface area contributed by atoms with Crippen LogP contribution in [0.25, 0.3) is 0 Å². The molecule has 74 valence electrons. The number of Topliss-reactive ketones (excluding diaryl/α,β-unsaturated/α-hetero) is 1. The molecule has 1 saturated heterocycles. The lowest BCUT2D eigenvalue weighted by Gasteiger charge is -2.11. The normalized spacial score (nSPS) is 24.2. The smallest absolute Gasteiger partial charge is 0.223 e. The Hall–Kier alpha value is -0.610. The van der Waals surface area contributed by atoms with E-state index in [9.17, 15) is 9.59 Å². The van der Waals surface area contributed by atoms with Crippen molar-refractivity contribution in [2.24, 2.45) is 11.7 Å². The Labute approximate surface area is 81.8 Å². The van der Waals surface area contributed by atoms with Gasteiger partial charge < -0.3 is 11.1 Å². The quantitative estimate of drug-likeness (QED) is 0.615. The van der Waals surface area contributed by atoms with Crippen LogP contribution in [0.4, 0.5) is 0 Å². The number of carbonyl (C=O) groups is 2. The molecule has 1 aliphatic rings. The number of rotatable bonds is 4. The number of ketones is 1. The van der Waals surface area contributed by atoms with Crippen molar-refractivity contribution in [1.82, 2.24) is 5.32 Å². The Morgan fingerprint density at radius 1 is 1.77 bits per heavy atom. The summed E-state index contributed by atoms with van der Waals surface area (Å²) in [6.45, 7) is 0.686. The molecule has 2 atom stereocenters. The fraction of sp³-hybridized carbons (Fsp3) is 0.750. The van der Waals surface area contributed by atoms with Crippen LogP contribution in [0, 0.1) is 5.92 Å². The first-order valence-corrected chi connectivity index (χ1v) is 4.80. The van der Waals surface area contributed by atoms with E-state index in [1.807, 2.05) is 0 Å². The van der Waals surface area contributed by atoms with E-state index in [2.05, 4.69) is 5.32 Å². The molecule has 0 saturated carbocycles. The largest absolute Gasteiger partial charge is 0.356 e. The molecule has 13 heavy (non-hydrogen) atoms. The highest BCUT2D eigenvalue weighted by Gasteiger charge is 2.27. The molecule has 4 nitrogen and oxygen atoms in total. The molecule has 0 aromatic rings. The lowest BCUT2D eigenvalue weighted by molar-refractivity contribution is -0.123. The minimum Gasteiger partial charge on any atom is -0.356 e. The summed E-state index contributed by atoms with van der Waals surface area (Å²) in [5.41, 5.74) is 5.56. The molecule has 0 spiro atoms. The molecule has 0 unspecified atom stereocenters. The lowest BCUT2D eigenvalue weighted by Crippen LogP contribution is -2.35. The zero-order valence-corrected chi connectivity index (χ0v) is 8.01. The van der Waals surface area contributed by atoms with Crippen LogP contribution in [0.1, 0.15) is 12.8 Å². The highest BCUT2D eigenvalue weighted by atomic mass is 35.5. The third-order valence-electron chi connectivity index (χ3n) is 2.25. The first-order valence-electron chi connectivity index (χ1n) is 4.27. The maximum atomic E-state index is 11.1. The van der Waals surface area contributed by atoms with Crippen molar-refractivity contribution in [3.8, 4) is 0 Å². The standard InChI is InChI=1S/C8H13ClN2O2/c9-4-7(12)6(10)3-5-1-2-11-8(5)13/h5-6H,1-4,10H2,(H,11,13)/t5-,6-/m0/s1. The summed E-state index contributed by atoms with van der Waals surface area (Å²) < 4.78 is 0. The van der Waals surface area contributed by atoms with Gasteiger partial charge in [0.2, 0.25) is 5.91 Å². The van der Waals surface area contributed by atoms with Crippen molar-refractivity contribution in [2.75, 3.05) is 12.4 Å². The van der Waals surface area contributed by atoms with Gasteiger partial charge in [0.1, 0.15) is 0 Å². The van der Waals surface area contributed by atoms with Crippen molar-refractivity contribution in [1.29, 1.82) is 0 Å². The number of amides is 1. The van der Waals surface area contributed by atoms with Crippen LogP contribution in [-0.2, 0) is 9.59 Å². The molecule has 0 aromatic heterocycles. The van der Waals surface area contributed by atoms with Crippen LogP contribution in [0.2, 0.25) is 0 Å². The molecule has 1 aliphatic heterocycles. The highest BCUT2D eigenvalue weighted by molar-refractivity contribution is 6.28. The van der Waals surface area contributed by atoms with E-state index in [4.69, 9.17) is 17.3 Å². The number of nitrogens with one attached hydrogen (secondary N) is 1. The topological polar surface area (TPSA) is 72.2 Å². The number of nitrogens with two attached hydrogens (primary N) is 1. The van der Waals surface area contributed by atoms with E-state index < -0.39 is 6.04 Å². The van der Waals surface area contributed by atoms with Crippen LogP contribution in [0.15, 0.2) is 0 Å². The SMILES string of the molecule is N[C@@H](C[C@@H]1CCNC1=O)C(=O)CCl. The van der Waals surface area contributed by atoms with E-state index in [0.29, 0.717) is 13.0 Å². The molecule has 1 rings (SSSR count). The Morgan fingerprint density at radius 2 is 2.46 bits per heavy atom. The predicted octanol–water partition coefficient (Wildman–Crippen LogP) is -0.352. The monoisotopic (exact) mass is 204 g/mol. The minimum atomic E-state index is -0.591. The van der Waals surface area contributed by atoms with Crippen molar-refractivity contribution < 1.29 is 9.59 Å². The third-order valence-corrected chi connectivity index (χ3v) is 2.51. The minimum absolute atomic E-state index is 0.00202. The summed E-state index contributed by atoms with van der Waals surface area (Å²) in [6, 6.07) is -0.591. The number of halogens is 1. The van der Waals surface area contributed by atoms with Crippen molar-refractivity contribution >= 4 is 23.3 Å². The van der Waals surface area contributed by atoms with Crippen molar-refractivity contribution in [3.05, 3.63) is 0 Å². The molecular formula is C8H13ClN2O2. The summed E-state index contributed by atoms with van der Waals surface area (Å²) >= 11 is 5.34. The maximum Gasteiger partial charge on any atom is 0.223 e. The molecule has 1 amide bonds. The van der Waals surface area contributed by atoms with Crippen LogP contribution < -0.4 is 11.1 Å². The van der Waals surface area contributed by atoms with Gasteiger partial charge in [0.05, 0.1) is 11.9 Å². The zero-order chi connectivity index (χ0) is 9.84. The van der Waals surface area contributed by atoms with E-state index in [1.165, 1.54) is 0 Å². The van der Waals surface area contributed by atoms with Crippen LogP contribution in [0.3, 0.4) is 0 Å². The summed E-state index contributed by atoms with van der Waals surface area (Å²) in [4.78, 5) is 22.1. The molecule has 1 fully saturated rings. The average molecular weight is 205 g/mol. The maximum absolute atomic E-state index is 11.1. The molecule has 3 N–H and O–H groups in total. The first-order chi connectivity index (χ1) is 6.15. The van der Waals surface area contributed by atoms with Gasteiger partial charge in [-0.1, -0.05) is 0 Å². The van der Waals surface area contributed by atoms with Crippen LogP contribution in [0.5, 0.6) is 0 Å². The van der Waals surface area contributed by atoms with Crippen molar-refractivity contribution in [2.45, 2.75) is 18.9 Å². The highest BCUT2D eigenvalue weighted by Crippen LogP contribution is 2.15. The predicted molar refractivity (Wildman–Crippen MR) is 49.4 cm³/mol. The summed E-state index contributed by atoms with van der Waals surface area (Å²) in [5.74, 6) is -0.378. The van der Waals surface area contributed by atoms with Crippen LogP contribution >= 0.6 is 11.6 Å². The van der Waals surface area contributed by atoms with Gasteiger partial charge in [0.15, 0.2) is 5.78 Å².